The number of carbonyl (C=O) groups is 1. The Morgan fingerprint density at radius 3 is 2.83 bits per heavy atom. The van der Waals surface area contributed by atoms with Crippen molar-refractivity contribution in [1.29, 1.82) is 0 Å². The molecule has 0 N–H and O–H groups in total. The molecular weight excluding hydrogens is 324 g/mol. The summed E-state index contributed by atoms with van der Waals surface area (Å²) >= 11 is 1.33. The van der Waals surface area contributed by atoms with Crippen molar-refractivity contribution in [1.82, 2.24) is 0 Å². The molecule has 0 amide bonds. The van der Waals surface area contributed by atoms with Gasteiger partial charge in [-0.05, 0) is 48.9 Å². The molecule has 24 heavy (non-hydrogen) atoms. The van der Waals surface area contributed by atoms with Crippen LogP contribution in [0.3, 0.4) is 0 Å². The third-order valence-corrected chi connectivity index (χ3v) is 4.77. The van der Waals surface area contributed by atoms with Gasteiger partial charge in [-0.25, -0.2) is 9.59 Å². The molecule has 0 radical (unpaired) electrons. The number of aryl methyl sites for hydroxylation is 2. The summed E-state index contributed by atoms with van der Waals surface area (Å²) in [4.78, 5) is 24.5. The molecule has 0 aliphatic carbocycles. The summed E-state index contributed by atoms with van der Waals surface area (Å²) in [6, 6.07) is 8.68. The van der Waals surface area contributed by atoms with Gasteiger partial charge >= 0.3 is 11.6 Å². The second kappa shape index (κ2) is 7.01. The van der Waals surface area contributed by atoms with Gasteiger partial charge in [-0.3, -0.25) is 0 Å². The van der Waals surface area contributed by atoms with E-state index >= 15 is 0 Å². The Kier molecular flexibility index (Phi) is 4.81. The SMILES string of the molecule is CCCCc1cc(=O)oc2c(C)c(OC(=O)c3cccs3)ccc12. The quantitative estimate of drug-likeness (QED) is 0.382. The predicted molar refractivity (Wildman–Crippen MR) is 95.1 cm³/mol. The van der Waals surface area contributed by atoms with Crippen LogP contribution in [0.15, 0.2) is 44.9 Å². The van der Waals surface area contributed by atoms with Gasteiger partial charge in [0, 0.05) is 17.0 Å². The van der Waals surface area contributed by atoms with E-state index in [-0.39, 0.29) is 5.63 Å². The molecule has 0 aliphatic heterocycles. The van der Waals surface area contributed by atoms with E-state index in [9.17, 15) is 9.59 Å². The first-order chi connectivity index (χ1) is 11.6. The van der Waals surface area contributed by atoms with Crippen molar-refractivity contribution in [2.75, 3.05) is 0 Å². The maximum absolute atomic E-state index is 12.1. The van der Waals surface area contributed by atoms with Crippen LogP contribution in [0, 0.1) is 6.92 Å². The first kappa shape index (κ1) is 16.5. The standard InChI is InChI=1S/C19H18O4S/c1-3-4-6-13-11-17(20)23-18-12(2)15(9-8-14(13)18)22-19(21)16-7-5-10-24-16/h5,7-11H,3-4,6H2,1-2H3. The molecule has 4 nitrogen and oxygen atoms in total. The molecule has 3 rings (SSSR count). The number of esters is 1. The van der Waals surface area contributed by atoms with E-state index in [0.29, 0.717) is 21.8 Å². The lowest BCUT2D eigenvalue weighted by molar-refractivity contribution is 0.0739. The van der Waals surface area contributed by atoms with E-state index in [1.165, 1.54) is 11.3 Å². The third-order valence-electron chi connectivity index (χ3n) is 3.92. The van der Waals surface area contributed by atoms with Gasteiger partial charge in [-0.15, -0.1) is 11.3 Å². The Labute approximate surface area is 143 Å². The largest absolute Gasteiger partial charge is 0.422 e. The Morgan fingerprint density at radius 2 is 2.12 bits per heavy atom. The molecule has 0 aliphatic rings. The number of hydrogen-bond acceptors (Lipinski definition) is 5. The first-order valence-electron chi connectivity index (χ1n) is 7.92. The van der Waals surface area contributed by atoms with E-state index in [2.05, 4.69) is 6.92 Å². The van der Waals surface area contributed by atoms with Crippen LogP contribution in [-0.4, -0.2) is 5.97 Å². The van der Waals surface area contributed by atoms with Gasteiger partial charge in [0.15, 0.2) is 0 Å². The van der Waals surface area contributed by atoms with Gasteiger partial charge in [-0.1, -0.05) is 19.4 Å². The minimum absolute atomic E-state index is 0.376. The van der Waals surface area contributed by atoms with Crippen LogP contribution < -0.4 is 10.4 Å². The predicted octanol–water partition coefficient (Wildman–Crippen LogP) is 4.72. The lowest BCUT2D eigenvalue weighted by atomic mass is 10.0. The summed E-state index contributed by atoms with van der Waals surface area (Å²) in [7, 11) is 0. The maximum atomic E-state index is 12.1. The highest BCUT2D eigenvalue weighted by Gasteiger charge is 2.15. The molecule has 0 fully saturated rings. The number of rotatable bonds is 5. The third kappa shape index (κ3) is 3.26. The fourth-order valence-electron chi connectivity index (χ4n) is 2.64. The van der Waals surface area contributed by atoms with Gasteiger partial charge in [-0.2, -0.15) is 0 Å². The lowest BCUT2D eigenvalue weighted by Crippen LogP contribution is -2.08. The highest BCUT2D eigenvalue weighted by molar-refractivity contribution is 7.12. The Bertz CT molecular complexity index is 922. The summed E-state index contributed by atoms with van der Waals surface area (Å²) < 4.78 is 10.8. The molecule has 0 saturated carbocycles. The molecular formula is C19H18O4S. The van der Waals surface area contributed by atoms with Crippen LogP contribution in [0.2, 0.25) is 0 Å². The van der Waals surface area contributed by atoms with E-state index in [1.807, 2.05) is 11.4 Å². The monoisotopic (exact) mass is 342 g/mol. The number of unbranched alkanes of at least 4 members (excludes halogenated alkanes) is 1. The van der Waals surface area contributed by atoms with Gasteiger partial charge < -0.3 is 9.15 Å². The van der Waals surface area contributed by atoms with Crippen LogP contribution >= 0.6 is 11.3 Å². The van der Waals surface area contributed by atoms with E-state index in [4.69, 9.17) is 9.15 Å². The van der Waals surface area contributed by atoms with Crippen LogP contribution in [0.5, 0.6) is 5.75 Å². The zero-order valence-electron chi connectivity index (χ0n) is 13.6. The molecule has 2 aromatic heterocycles. The zero-order chi connectivity index (χ0) is 17.1. The summed E-state index contributed by atoms with van der Waals surface area (Å²) in [5.74, 6) is 0.00799. The molecule has 0 saturated heterocycles. The fraction of sp³-hybridized carbons (Fsp3) is 0.263. The molecule has 0 spiro atoms. The van der Waals surface area contributed by atoms with Crippen molar-refractivity contribution >= 4 is 28.3 Å². The Hall–Kier alpha value is -2.40. The maximum Gasteiger partial charge on any atom is 0.353 e. The fourth-order valence-corrected chi connectivity index (χ4v) is 3.24. The molecule has 124 valence electrons. The summed E-state index contributed by atoms with van der Waals surface area (Å²) in [5, 5.41) is 2.72. The molecule has 5 heteroatoms. The first-order valence-corrected chi connectivity index (χ1v) is 8.80. The highest BCUT2D eigenvalue weighted by atomic mass is 32.1. The topological polar surface area (TPSA) is 56.5 Å². The average Bonchev–Trinajstić information content (AvgIpc) is 3.10. The average molecular weight is 342 g/mol. The summed E-state index contributed by atoms with van der Waals surface area (Å²) in [6.45, 7) is 3.91. The molecule has 3 aromatic rings. The van der Waals surface area contributed by atoms with Gasteiger partial charge in [0.1, 0.15) is 16.2 Å². The van der Waals surface area contributed by atoms with E-state index in [1.54, 1.807) is 31.2 Å². The minimum atomic E-state index is -0.406. The second-order valence-electron chi connectivity index (χ2n) is 5.63. The van der Waals surface area contributed by atoms with Gasteiger partial charge in [0.25, 0.3) is 0 Å². The number of hydrogen-bond donors (Lipinski definition) is 0. The van der Waals surface area contributed by atoms with Crippen molar-refractivity contribution < 1.29 is 13.9 Å². The summed E-state index contributed by atoms with van der Waals surface area (Å²) in [5.41, 5.74) is 1.75. The van der Waals surface area contributed by atoms with Crippen molar-refractivity contribution in [3.05, 3.63) is 62.1 Å². The number of carbonyl (C=O) groups excluding carboxylic acids is 1. The smallest absolute Gasteiger partial charge is 0.353 e. The van der Waals surface area contributed by atoms with Crippen molar-refractivity contribution in [3.8, 4) is 5.75 Å². The van der Waals surface area contributed by atoms with Gasteiger partial charge in [0.2, 0.25) is 0 Å². The Balaban J connectivity index is 2.01. The molecule has 2 heterocycles. The number of fused-ring (bicyclic) bond motifs is 1. The van der Waals surface area contributed by atoms with Crippen LogP contribution in [0.1, 0.15) is 40.6 Å². The zero-order valence-corrected chi connectivity index (χ0v) is 14.4. The van der Waals surface area contributed by atoms with Crippen LogP contribution in [0.25, 0.3) is 11.0 Å². The summed E-state index contributed by atoms with van der Waals surface area (Å²) in [6.07, 6.45) is 2.89. The van der Waals surface area contributed by atoms with Crippen molar-refractivity contribution in [3.63, 3.8) is 0 Å². The van der Waals surface area contributed by atoms with Crippen LogP contribution in [0.4, 0.5) is 0 Å². The molecule has 0 unspecified atom stereocenters. The second-order valence-corrected chi connectivity index (χ2v) is 6.57. The lowest BCUT2D eigenvalue weighted by Gasteiger charge is -2.11. The molecule has 0 bridgehead atoms. The number of ether oxygens (including phenoxy) is 1. The normalized spacial score (nSPS) is 10.9. The highest BCUT2D eigenvalue weighted by Crippen LogP contribution is 2.29. The number of benzene rings is 1. The van der Waals surface area contributed by atoms with Gasteiger partial charge in [0.05, 0.1) is 0 Å². The van der Waals surface area contributed by atoms with Crippen LogP contribution in [-0.2, 0) is 6.42 Å². The van der Waals surface area contributed by atoms with Crippen molar-refractivity contribution in [2.24, 2.45) is 0 Å². The molecule has 0 atom stereocenters. The Morgan fingerprint density at radius 1 is 1.29 bits per heavy atom. The minimum Gasteiger partial charge on any atom is -0.422 e. The molecule has 1 aromatic carbocycles. The van der Waals surface area contributed by atoms with E-state index < -0.39 is 5.97 Å². The number of thiophene rings is 1. The van der Waals surface area contributed by atoms with Crippen molar-refractivity contribution in [2.45, 2.75) is 33.1 Å². The van der Waals surface area contributed by atoms with E-state index in [0.717, 1.165) is 30.2 Å².